The largest absolute Gasteiger partial charge is 0.438 e. The fourth-order valence-corrected chi connectivity index (χ4v) is 2.45. The molecule has 2 N–H and O–H groups in total. The second kappa shape index (κ2) is 6.64. The summed E-state index contributed by atoms with van der Waals surface area (Å²) in [5.41, 5.74) is 2.90. The fraction of sp³-hybridized carbons (Fsp3) is 0.0526. The molecule has 4 aromatic rings. The van der Waals surface area contributed by atoms with Gasteiger partial charge in [0.1, 0.15) is 5.75 Å². The second-order valence-electron chi connectivity index (χ2n) is 5.70. The van der Waals surface area contributed by atoms with Crippen LogP contribution in [0.4, 0.5) is 5.95 Å². The molecule has 0 spiro atoms. The lowest BCUT2D eigenvalue weighted by molar-refractivity contribution is 0.102. The number of rotatable bonds is 4. The van der Waals surface area contributed by atoms with E-state index in [1.807, 2.05) is 31.2 Å². The molecule has 0 unspecified atom stereocenters. The lowest BCUT2D eigenvalue weighted by atomic mass is 10.2. The van der Waals surface area contributed by atoms with Gasteiger partial charge in [0.15, 0.2) is 0 Å². The van der Waals surface area contributed by atoms with Crippen molar-refractivity contribution < 1.29 is 9.53 Å². The van der Waals surface area contributed by atoms with Crippen molar-refractivity contribution >= 4 is 22.9 Å². The van der Waals surface area contributed by atoms with Crippen LogP contribution in [-0.2, 0) is 0 Å². The molecule has 0 bridgehead atoms. The predicted octanol–water partition coefficient (Wildman–Crippen LogP) is 3.71. The van der Waals surface area contributed by atoms with Gasteiger partial charge in [0, 0.05) is 11.6 Å². The van der Waals surface area contributed by atoms with E-state index in [9.17, 15) is 4.79 Å². The van der Waals surface area contributed by atoms with Crippen LogP contribution in [0, 0.1) is 6.92 Å². The van der Waals surface area contributed by atoms with Crippen LogP contribution in [0.3, 0.4) is 0 Å². The summed E-state index contributed by atoms with van der Waals surface area (Å²) in [6, 6.07) is 17.9. The standard InChI is InChI=1S/C19H15N5O2/c1-12-9-10-17(24-23-12)26-14-6-4-5-13(11-14)18(25)22-19-20-15-7-2-3-8-16(15)21-19/h2-11H,1H3,(H2,20,21,22,25). The topological polar surface area (TPSA) is 92.8 Å². The molecule has 0 saturated carbocycles. The van der Waals surface area contributed by atoms with Gasteiger partial charge in [0.2, 0.25) is 11.8 Å². The zero-order valence-corrected chi connectivity index (χ0v) is 13.9. The van der Waals surface area contributed by atoms with Gasteiger partial charge in [0.25, 0.3) is 5.91 Å². The highest BCUT2D eigenvalue weighted by Gasteiger charge is 2.10. The molecule has 0 saturated heterocycles. The van der Waals surface area contributed by atoms with Crippen molar-refractivity contribution in [2.75, 3.05) is 5.32 Å². The molecule has 0 radical (unpaired) electrons. The number of anilines is 1. The number of aromatic nitrogens is 4. The van der Waals surface area contributed by atoms with Crippen molar-refractivity contribution in [1.82, 2.24) is 20.2 Å². The van der Waals surface area contributed by atoms with Crippen molar-refractivity contribution in [2.45, 2.75) is 6.92 Å². The van der Waals surface area contributed by atoms with Crippen molar-refractivity contribution in [1.29, 1.82) is 0 Å². The van der Waals surface area contributed by atoms with Crippen LogP contribution in [0.15, 0.2) is 60.7 Å². The molecule has 4 rings (SSSR count). The first-order chi connectivity index (χ1) is 12.7. The summed E-state index contributed by atoms with van der Waals surface area (Å²) in [4.78, 5) is 19.9. The number of carbonyl (C=O) groups is 1. The Morgan fingerprint density at radius 1 is 1.04 bits per heavy atom. The number of imidazole rings is 1. The number of para-hydroxylation sites is 2. The number of amides is 1. The summed E-state index contributed by atoms with van der Waals surface area (Å²) >= 11 is 0. The van der Waals surface area contributed by atoms with Crippen LogP contribution in [0.25, 0.3) is 11.0 Å². The Morgan fingerprint density at radius 2 is 1.92 bits per heavy atom. The minimum absolute atomic E-state index is 0.288. The fourth-order valence-electron chi connectivity index (χ4n) is 2.45. The number of fused-ring (bicyclic) bond motifs is 1. The van der Waals surface area contributed by atoms with E-state index in [0.29, 0.717) is 23.1 Å². The molecule has 7 heteroatoms. The van der Waals surface area contributed by atoms with E-state index >= 15 is 0 Å². The monoisotopic (exact) mass is 345 g/mol. The molecule has 0 aliphatic carbocycles. The molecule has 2 heterocycles. The molecule has 0 aliphatic rings. The number of hydrogen-bond donors (Lipinski definition) is 2. The number of nitrogens with one attached hydrogen (secondary N) is 2. The molecule has 128 valence electrons. The first kappa shape index (κ1) is 15.8. The van der Waals surface area contributed by atoms with Crippen LogP contribution in [0.5, 0.6) is 11.6 Å². The third kappa shape index (κ3) is 3.36. The Bertz CT molecular complexity index is 1040. The number of aryl methyl sites for hydroxylation is 1. The maximum Gasteiger partial charge on any atom is 0.258 e. The number of hydrogen-bond acceptors (Lipinski definition) is 5. The van der Waals surface area contributed by atoms with E-state index in [1.165, 1.54) is 0 Å². The van der Waals surface area contributed by atoms with Gasteiger partial charge in [-0.25, -0.2) is 4.98 Å². The number of benzene rings is 2. The Labute approximate surface area is 149 Å². The molecular weight excluding hydrogens is 330 g/mol. The number of ether oxygens (including phenoxy) is 1. The van der Waals surface area contributed by atoms with Gasteiger partial charge in [-0.05, 0) is 43.3 Å². The van der Waals surface area contributed by atoms with E-state index in [1.54, 1.807) is 36.4 Å². The lowest BCUT2D eigenvalue weighted by Gasteiger charge is -2.06. The van der Waals surface area contributed by atoms with Gasteiger partial charge in [-0.1, -0.05) is 18.2 Å². The van der Waals surface area contributed by atoms with Crippen LogP contribution >= 0.6 is 0 Å². The summed E-state index contributed by atoms with van der Waals surface area (Å²) in [6.07, 6.45) is 0. The number of H-pyrrole nitrogens is 1. The summed E-state index contributed by atoms with van der Waals surface area (Å²) in [7, 11) is 0. The maximum atomic E-state index is 12.5. The van der Waals surface area contributed by atoms with Crippen LogP contribution in [-0.4, -0.2) is 26.1 Å². The molecule has 0 fully saturated rings. The Morgan fingerprint density at radius 3 is 2.73 bits per heavy atom. The van der Waals surface area contributed by atoms with Crippen molar-refractivity contribution in [3.8, 4) is 11.6 Å². The zero-order chi connectivity index (χ0) is 17.9. The molecule has 0 atom stereocenters. The van der Waals surface area contributed by atoms with Gasteiger partial charge in [0.05, 0.1) is 16.7 Å². The number of carbonyl (C=O) groups excluding carboxylic acids is 1. The van der Waals surface area contributed by atoms with Crippen LogP contribution in [0.2, 0.25) is 0 Å². The van der Waals surface area contributed by atoms with E-state index in [4.69, 9.17) is 4.74 Å². The zero-order valence-electron chi connectivity index (χ0n) is 13.9. The molecule has 1 amide bonds. The molecule has 0 aliphatic heterocycles. The first-order valence-corrected chi connectivity index (χ1v) is 8.02. The third-order valence-corrected chi connectivity index (χ3v) is 3.71. The normalized spacial score (nSPS) is 10.7. The highest BCUT2D eigenvalue weighted by atomic mass is 16.5. The summed E-state index contributed by atoms with van der Waals surface area (Å²) < 4.78 is 5.65. The average Bonchev–Trinajstić information content (AvgIpc) is 3.06. The molecular formula is C19H15N5O2. The van der Waals surface area contributed by atoms with Crippen molar-refractivity contribution in [3.05, 3.63) is 71.9 Å². The van der Waals surface area contributed by atoms with Crippen molar-refractivity contribution in [3.63, 3.8) is 0 Å². The average molecular weight is 345 g/mol. The van der Waals surface area contributed by atoms with E-state index < -0.39 is 0 Å². The SMILES string of the molecule is Cc1ccc(Oc2cccc(C(=O)Nc3nc4ccccc4[nH]3)c2)nn1. The lowest BCUT2D eigenvalue weighted by Crippen LogP contribution is -2.12. The molecule has 26 heavy (non-hydrogen) atoms. The Kier molecular flexibility index (Phi) is 4.03. The third-order valence-electron chi connectivity index (χ3n) is 3.71. The molecule has 2 aromatic carbocycles. The first-order valence-electron chi connectivity index (χ1n) is 8.02. The second-order valence-corrected chi connectivity index (χ2v) is 5.70. The predicted molar refractivity (Wildman–Crippen MR) is 97.3 cm³/mol. The van der Waals surface area contributed by atoms with Crippen LogP contribution in [0.1, 0.15) is 16.1 Å². The van der Waals surface area contributed by atoms with Gasteiger partial charge < -0.3 is 9.72 Å². The maximum absolute atomic E-state index is 12.5. The molecule has 2 aromatic heterocycles. The Hall–Kier alpha value is -3.74. The number of nitrogens with zero attached hydrogens (tertiary/aromatic N) is 3. The minimum atomic E-state index is -0.288. The van der Waals surface area contributed by atoms with E-state index in [2.05, 4.69) is 25.5 Å². The molecule has 7 nitrogen and oxygen atoms in total. The highest BCUT2D eigenvalue weighted by molar-refractivity contribution is 6.04. The van der Waals surface area contributed by atoms with Gasteiger partial charge >= 0.3 is 0 Å². The Balaban J connectivity index is 1.51. The summed E-state index contributed by atoms with van der Waals surface area (Å²) in [5.74, 6) is 0.974. The van der Waals surface area contributed by atoms with Crippen LogP contribution < -0.4 is 10.1 Å². The summed E-state index contributed by atoms with van der Waals surface area (Å²) in [6.45, 7) is 1.85. The van der Waals surface area contributed by atoms with E-state index in [-0.39, 0.29) is 5.91 Å². The minimum Gasteiger partial charge on any atom is -0.438 e. The number of aromatic amines is 1. The summed E-state index contributed by atoms with van der Waals surface area (Å²) in [5, 5.41) is 10.7. The van der Waals surface area contributed by atoms with Gasteiger partial charge in [-0.2, -0.15) is 5.10 Å². The van der Waals surface area contributed by atoms with Crippen molar-refractivity contribution in [2.24, 2.45) is 0 Å². The smallest absolute Gasteiger partial charge is 0.258 e. The van der Waals surface area contributed by atoms with Gasteiger partial charge in [-0.3, -0.25) is 10.1 Å². The van der Waals surface area contributed by atoms with E-state index in [0.717, 1.165) is 16.7 Å². The quantitative estimate of drug-likeness (QED) is 0.588. The van der Waals surface area contributed by atoms with Gasteiger partial charge in [-0.15, -0.1) is 5.10 Å². The highest BCUT2D eigenvalue weighted by Crippen LogP contribution is 2.21.